The second-order valence-electron chi connectivity index (χ2n) is 4.27. The van der Waals surface area contributed by atoms with E-state index in [9.17, 15) is 0 Å². The number of thiophene rings is 1. The number of H-pyrrole nitrogens is 1. The lowest BCUT2D eigenvalue weighted by Gasteiger charge is -1.95. The molecule has 4 aromatic rings. The van der Waals surface area contributed by atoms with Crippen LogP contribution in [0.15, 0.2) is 58.5 Å². The Morgan fingerprint density at radius 2 is 2.11 bits per heavy atom. The van der Waals surface area contributed by atoms with E-state index < -0.39 is 0 Å². The Bertz CT molecular complexity index is 781. The minimum absolute atomic E-state index is 0.870. The maximum Gasteiger partial charge on any atom is 0.148 e. The number of benzene rings is 1. The van der Waals surface area contributed by atoms with Gasteiger partial charge in [0.1, 0.15) is 11.6 Å². The highest BCUT2D eigenvalue weighted by Gasteiger charge is 2.08. The zero-order valence-electron chi connectivity index (χ0n) is 9.96. The summed E-state index contributed by atoms with van der Waals surface area (Å²) in [6.45, 7) is 0. The van der Waals surface area contributed by atoms with E-state index in [1.165, 1.54) is 0 Å². The van der Waals surface area contributed by atoms with E-state index in [0.717, 1.165) is 33.1 Å². The number of nitrogens with one attached hydrogen (secondary N) is 1. The Kier molecular flexibility index (Phi) is 2.28. The quantitative estimate of drug-likeness (QED) is 0.578. The van der Waals surface area contributed by atoms with Crippen molar-refractivity contribution in [3.05, 3.63) is 54.1 Å². The van der Waals surface area contributed by atoms with Gasteiger partial charge in [-0.3, -0.25) is 0 Å². The van der Waals surface area contributed by atoms with Gasteiger partial charge in [0, 0.05) is 5.56 Å². The van der Waals surface area contributed by atoms with Crippen molar-refractivity contribution in [3.8, 4) is 22.0 Å². The predicted molar refractivity (Wildman–Crippen MR) is 77.1 cm³/mol. The Labute approximate surface area is 113 Å². The third kappa shape index (κ3) is 1.77. The maximum atomic E-state index is 5.42. The van der Waals surface area contributed by atoms with Crippen molar-refractivity contribution in [1.29, 1.82) is 0 Å². The molecule has 0 aliphatic rings. The predicted octanol–water partition coefficient (Wildman–Crippen LogP) is 4.55. The first kappa shape index (κ1) is 10.6. The summed E-state index contributed by atoms with van der Waals surface area (Å²) >= 11 is 1.68. The van der Waals surface area contributed by atoms with Crippen LogP contribution in [-0.4, -0.2) is 9.97 Å². The average molecular weight is 266 g/mol. The summed E-state index contributed by atoms with van der Waals surface area (Å²) in [5, 5.41) is 2.05. The molecule has 0 fully saturated rings. The van der Waals surface area contributed by atoms with Crippen LogP contribution in [0.2, 0.25) is 0 Å². The molecule has 3 heterocycles. The standard InChI is InChI=1S/C15H10N2OS/c1-3-13(18-7-1)10-5-6-11-12(9-10)17-15(16-11)14-4-2-8-19-14/h1-9H,(H,16,17). The van der Waals surface area contributed by atoms with E-state index in [-0.39, 0.29) is 0 Å². The van der Waals surface area contributed by atoms with Crippen molar-refractivity contribution in [1.82, 2.24) is 9.97 Å². The molecule has 0 aliphatic heterocycles. The van der Waals surface area contributed by atoms with Gasteiger partial charge in [0.15, 0.2) is 0 Å². The van der Waals surface area contributed by atoms with E-state index >= 15 is 0 Å². The molecular formula is C15H10N2OS. The van der Waals surface area contributed by atoms with Gasteiger partial charge in [0.05, 0.1) is 22.2 Å². The highest BCUT2D eigenvalue weighted by Crippen LogP contribution is 2.27. The van der Waals surface area contributed by atoms with Crippen LogP contribution >= 0.6 is 11.3 Å². The number of aromatic amines is 1. The summed E-state index contributed by atoms with van der Waals surface area (Å²) < 4.78 is 5.42. The molecule has 0 amide bonds. The summed E-state index contributed by atoms with van der Waals surface area (Å²) in [6, 6.07) is 14.1. The van der Waals surface area contributed by atoms with E-state index in [2.05, 4.69) is 27.5 Å². The normalized spacial score (nSPS) is 11.2. The van der Waals surface area contributed by atoms with Gasteiger partial charge in [0.25, 0.3) is 0 Å². The molecule has 0 saturated heterocycles. The number of fused-ring (bicyclic) bond motifs is 1. The number of rotatable bonds is 2. The minimum Gasteiger partial charge on any atom is -0.464 e. The molecule has 4 heteroatoms. The van der Waals surface area contributed by atoms with Crippen LogP contribution in [0.4, 0.5) is 0 Å². The molecule has 0 spiro atoms. The van der Waals surface area contributed by atoms with Gasteiger partial charge in [-0.25, -0.2) is 4.98 Å². The molecule has 0 bridgehead atoms. The third-order valence-electron chi connectivity index (χ3n) is 3.04. The van der Waals surface area contributed by atoms with Crippen molar-refractivity contribution < 1.29 is 4.42 Å². The van der Waals surface area contributed by atoms with Crippen molar-refractivity contribution in [3.63, 3.8) is 0 Å². The Hall–Kier alpha value is -2.33. The van der Waals surface area contributed by atoms with Gasteiger partial charge >= 0.3 is 0 Å². The number of hydrogen-bond acceptors (Lipinski definition) is 3. The molecule has 0 atom stereocenters. The molecule has 0 unspecified atom stereocenters. The topological polar surface area (TPSA) is 41.8 Å². The SMILES string of the molecule is c1coc(-c2ccc3nc(-c4cccs4)[nH]c3c2)c1. The second-order valence-corrected chi connectivity index (χ2v) is 5.22. The highest BCUT2D eigenvalue weighted by molar-refractivity contribution is 7.13. The summed E-state index contributed by atoms with van der Waals surface area (Å²) in [6.07, 6.45) is 1.68. The first-order valence-electron chi connectivity index (χ1n) is 5.98. The van der Waals surface area contributed by atoms with Crippen molar-refractivity contribution in [2.24, 2.45) is 0 Å². The monoisotopic (exact) mass is 266 g/mol. The smallest absolute Gasteiger partial charge is 0.148 e. The molecule has 3 aromatic heterocycles. The Morgan fingerprint density at radius 3 is 2.89 bits per heavy atom. The molecule has 1 N–H and O–H groups in total. The first-order chi connectivity index (χ1) is 9.40. The molecule has 92 valence electrons. The average Bonchev–Trinajstić information content (AvgIpc) is 3.18. The molecule has 19 heavy (non-hydrogen) atoms. The van der Waals surface area contributed by atoms with E-state index in [1.807, 2.05) is 30.3 Å². The lowest BCUT2D eigenvalue weighted by Crippen LogP contribution is -1.74. The number of nitrogens with zero attached hydrogens (tertiary/aromatic N) is 1. The minimum atomic E-state index is 0.870. The van der Waals surface area contributed by atoms with Gasteiger partial charge in [-0.05, 0) is 41.8 Å². The lowest BCUT2D eigenvalue weighted by atomic mass is 10.1. The van der Waals surface area contributed by atoms with E-state index in [0.29, 0.717) is 0 Å². The Balaban J connectivity index is 1.86. The van der Waals surface area contributed by atoms with Crippen LogP contribution in [-0.2, 0) is 0 Å². The van der Waals surface area contributed by atoms with Gasteiger partial charge < -0.3 is 9.40 Å². The van der Waals surface area contributed by atoms with Crippen LogP contribution in [0.1, 0.15) is 0 Å². The molecular weight excluding hydrogens is 256 g/mol. The molecule has 0 radical (unpaired) electrons. The van der Waals surface area contributed by atoms with Crippen molar-refractivity contribution >= 4 is 22.4 Å². The maximum absolute atomic E-state index is 5.42. The van der Waals surface area contributed by atoms with Crippen LogP contribution < -0.4 is 0 Å². The summed E-state index contributed by atoms with van der Waals surface area (Å²) in [7, 11) is 0. The Morgan fingerprint density at radius 1 is 1.11 bits per heavy atom. The fourth-order valence-electron chi connectivity index (χ4n) is 2.14. The van der Waals surface area contributed by atoms with Crippen LogP contribution in [0.3, 0.4) is 0 Å². The number of furan rings is 1. The van der Waals surface area contributed by atoms with E-state index in [1.54, 1.807) is 17.6 Å². The summed E-state index contributed by atoms with van der Waals surface area (Å²) in [5.74, 6) is 1.79. The van der Waals surface area contributed by atoms with Gasteiger partial charge in [-0.2, -0.15) is 0 Å². The molecule has 4 rings (SSSR count). The molecule has 0 saturated carbocycles. The number of aromatic nitrogens is 2. The number of imidazole rings is 1. The van der Waals surface area contributed by atoms with Gasteiger partial charge in [-0.1, -0.05) is 6.07 Å². The highest BCUT2D eigenvalue weighted by atomic mass is 32.1. The zero-order valence-corrected chi connectivity index (χ0v) is 10.8. The lowest BCUT2D eigenvalue weighted by molar-refractivity contribution is 0.582. The third-order valence-corrected chi connectivity index (χ3v) is 3.92. The van der Waals surface area contributed by atoms with Crippen LogP contribution in [0.5, 0.6) is 0 Å². The second kappa shape index (κ2) is 4.10. The zero-order chi connectivity index (χ0) is 12.7. The van der Waals surface area contributed by atoms with Crippen LogP contribution in [0.25, 0.3) is 33.1 Å². The van der Waals surface area contributed by atoms with Crippen molar-refractivity contribution in [2.45, 2.75) is 0 Å². The molecule has 0 aliphatic carbocycles. The summed E-state index contributed by atoms with van der Waals surface area (Å²) in [4.78, 5) is 9.11. The summed E-state index contributed by atoms with van der Waals surface area (Å²) in [5.41, 5.74) is 3.05. The number of hydrogen-bond donors (Lipinski definition) is 1. The van der Waals surface area contributed by atoms with Gasteiger partial charge in [0.2, 0.25) is 0 Å². The fourth-order valence-corrected chi connectivity index (χ4v) is 2.80. The first-order valence-corrected chi connectivity index (χ1v) is 6.86. The molecule has 1 aromatic carbocycles. The largest absolute Gasteiger partial charge is 0.464 e. The molecule has 3 nitrogen and oxygen atoms in total. The van der Waals surface area contributed by atoms with E-state index in [4.69, 9.17) is 4.42 Å². The van der Waals surface area contributed by atoms with Gasteiger partial charge in [-0.15, -0.1) is 11.3 Å². The fraction of sp³-hybridized carbons (Fsp3) is 0. The van der Waals surface area contributed by atoms with Crippen molar-refractivity contribution in [2.75, 3.05) is 0 Å². The van der Waals surface area contributed by atoms with Crippen LogP contribution in [0, 0.1) is 0 Å².